The van der Waals surface area contributed by atoms with E-state index >= 15 is 0 Å². The van der Waals surface area contributed by atoms with E-state index < -0.39 is 38.0 Å². The highest BCUT2D eigenvalue weighted by Crippen LogP contribution is 2.50. The second-order valence-electron chi connectivity index (χ2n) is 18.0. The SMILES string of the molecule is C=C(C)[C@@H]1CCC(C)=C[C@H]1c1c(O)cc(/C=C/c2ccccc2)cc1O.C=C(C)[C@@H]1CCC(C)=C[C@H]1c1c(O[Si](C)(C)C)cc(OS(=O)(=O)C(F)(F)F)cc1O[Si](C)(C)C. The molecule has 3 aromatic carbocycles. The van der Waals surface area contributed by atoms with E-state index in [1.54, 1.807) is 12.1 Å². The predicted molar refractivity (Wildman–Crippen MR) is 243 cm³/mol. The molecule has 60 heavy (non-hydrogen) atoms. The highest BCUT2D eigenvalue weighted by molar-refractivity contribution is 7.88. The smallest absolute Gasteiger partial charge is 0.534 e. The Kier molecular flexibility index (Phi) is 15.3. The fraction of sp³-hybridized carbons (Fsp3) is 0.404. The van der Waals surface area contributed by atoms with Crippen molar-refractivity contribution in [3.05, 3.63) is 124 Å². The molecule has 0 unspecified atom stereocenters. The minimum Gasteiger partial charge on any atom is -0.544 e. The van der Waals surface area contributed by atoms with Gasteiger partial charge in [-0.2, -0.15) is 21.6 Å². The quantitative estimate of drug-likeness (QED) is 0.0614. The molecule has 5 rings (SSSR count). The van der Waals surface area contributed by atoms with Crippen LogP contribution in [0.5, 0.6) is 28.7 Å². The van der Waals surface area contributed by atoms with Gasteiger partial charge in [-0.25, -0.2) is 0 Å². The molecule has 0 fully saturated rings. The molecule has 2 N–H and O–H groups in total. The predicted octanol–water partition coefficient (Wildman–Crippen LogP) is 13.6. The molecule has 0 aliphatic heterocycles. The van der Waals surface area contributed by atoms with E-state index in [2.05, 4.69) is 36.4 Å². The lowest BCUT2D eigenvalue weighted by Gasteiger charge is -2.35. The first kappa shape index (κ1) is 48.2. The van der Waals surface area contributed by atoms with Crippen molar-refractivity contribution in [2.75, 3.05) is 0 Å². The lowest BCUT2D eigenvalue weighted by atomic mass is 9.73. The maximum Gasteiger partial charge on any atom is 0.534 e. The Bertz CT molecular complexity index is 2190. The van der Waals surface area contributed by atoms with Crippen LogP contribution in [0, 0.1) is 11.8 Å². The van der Waals surface area contributed by atoms with Gasteiger partial charge in [-0.15, -0.1) is 0 Å². The van der Waals surface area contributed by atoms with Crippen LogP contribution in [-0.4, -0.2) is 40.8 Å². The summed E-state index contributed by atoms with van der Waals surface area (Å²) in [4.78, 5) is 0. The zero-order chi connectivity index (χ0) is 45.0. The van der Waals surface area contributed by atoms with Crippen molar-refractivity contribution in [3.8, 4) is 28.7 Å². The second-order valence-corrected chi connectivity index (χ2v) is 28.4. The van der Waals surface area contributed by atoms with Gasteiger partial charge in [0.1, 0.15) is 28.7 Å². The number of benzene rings is 3. The first-order chi connectivity index (χ1) is 27.7. The van der Waals surface area contributed by atoms with Crippen molar-refractivity contribution < 1.29 is 44.8 Å². The molecular formula is C47H61F3O7SSi2. The van der Waals surface area contributed by atoms with Gasteiger partial charge in [0.2, 0.25) is 16.6 Å². The zero-order valence-electron chi connectivity index (χ0n) is 36.5. The summed E-state index contributed by atoms with van der Waals surface area (Å²) in [6.45, 7) is 28.0. The zero-order valence-corrected chi connectivity index (χ0v) is 39.4. The number of aromatic hydroxyl groups is 2. The van der Waals surface area contributed by atoms with Crippen LogP contribution < -0.4 is 13.0 Å². The molecule has 0 bridgehead atoms. The van der Waals surface area contributed by atoms with Crippen LogP contribution in [0.3, 0.4) is 0 Å². The highest BCUT2D eigenvalue weighted by Gasteiger charge is 2.49. The molecule has 7 nitrogen and oxygen atoms in total. The third-order valence-corrected chi connectivity index (χ3v) is 12.9. The molecule has 0 saturated heterocycles. The van der Waals surface area contributed by atoms with Crippen LogP contribution >= 0.6 is 0 Å². The minimum absolute atomic E-state index is 0.0339. The molecule has 0 saturated carbocycles. The maximum atomic E-state index is 13.0. The monoisotopic (exact) mass is 882 g/mol. The van der Waals surface area contributed by atoms with Crippen LogP contribution in [0.4, 0.5) is 13.2 Å². The van der Waals surface area contributed by atoms with E-state index in [9.17, 15) is 31.8 Å². The Morgan fingerprint density at radius 2 is 1.13 bits per heavy atom. The number of phenols is 2. The summed E-state index contributed by atoms with van der Waals surface area (Å²) in [7, 11) is -10.4. The number of hydrogen-bond acceptors (Lipinski definition) is 7. The molecule has 0 heterocycles. The Labute approximate surface area is 357 Å². The summed E-state index contributed by atoms with van der Waals surface area (Å²) in [5, 5.41) is 21.3. The van der Waals surface area contributed by atoms with Gasteiger partial charge in [-0.1, -0.05) is 90.1 Å². The van der Waals surface area contributed by atoms with Crippen LogP contribution in [0.25, 0.3) is 12.2 Å². The second kappa shape index (κ2) is 19.1. The van der Waals surface area contributed by atoms with Gasteiger partial charge in [-0.3, -0.25) is 0 Å². The van der Waals surface area contributed by atoms with E-state index in [-0.39, 0.29) is 46.7 Å². The Morgan fingerprint density at radius 1 is 0.717 bits per heavy atom. The summed E-state index contributed by atoms with van der Waals surface area (Å²) in [5.41, 5.74) is 2.12. The lowest BCUT2D eigenvalue weighted by molar-refractivity contribution is -0.0500. The van der Waals surface area contributed by atoms with E-state index in [1.165, 1.54) is 23.3 Å². The summed E-state index contributed by atoms with van der Waals surface area (Å²) < 4.78 is 79.7. The van der Waals surface area contributed by atoms with Crippen LogP contribution in [0.15, 0.2) is 102 Å². The first-order valence-electron chi connectivity index (χ1n) is 20.2. The summed E-state index contributed by atoms with van der Waals surface area (Å²) >= 11 is 0. The Balaban J connectivity index is 0.000000273. The van der Waals surface area contributed by atoms with Crippen LogP contribution in [0.1, 0.15) is 87.5 Å². The normalized spacial score (nSPS) is 20.0. The summed E-state index contributed by atoms with van der Waals surface area (Å²) in [6, 6.07) is 15.9. The first-order valence-corrected chi connectivity index (χ1v) is 28.4. The van der Waals surface area contributed by atoms with Gasteiger partial charge in [-0.05, 0) is 128 Å². The number of alkyl halides is 3. The van der Waals surface area contributed by atoms with Crippen LogP contribution in [-0.2, 0) is 10.1 Å². The average molecular weight is 883 g/mol. The number of hydrogen-bond donors (Lipinski definition) is 2. The molecule has 0 amide bonds. The third-order valence-electron chi connectivity index (χ3n) is 10.3. The third kappa shape index (κ3) is 13.0. The van der Waals surface area contributed by atoms with Gasteiger partial charge >= 0.3 is 15.6 Å². The number of halogens is 3. The average Bonchev–Trinajstić information content (AvgIpc) is 3.09. The highest BCUT2D eigenvalue weighted by atomic mass is 32.2. The van der Waals surface area contributed by atoms with E-state index in [0.29, 0.717) is 11.1 Å². The molecular weight excluding hydrogens is 822 g/mol. The lowest BCUT2D eigenvalue weighted by Crippen LogP contribution is -2.33. The van der Waals surface area contributed by atoms with Crippen molar-refractivity contribution >= 4 is 38.9 Å². The molecule has 0 radical (unpaired) electrons. The van der Waals surface area contributed by atoms with Gasteiger partial charge < -0.3 is 23.2 Å². The molecule has 13 heteroatoms. The fourth-order valence-electron chi connectivity index (χ4n) is 7.61. The number of allylic oxidation sites excluding steroid dienone is 6. The van der Waals surface area contributed by atoms with Crippen LogP contribution in [0.2, 0.25) is 39.3 Å². The van der Waals surface area contributed by atoms with Crippen molar-refractivity contribution in [1.29, 1.82) is 0 Å². The Hall–Kier alpha value is -4.47. The van der Waals surface area contributed by atoms with Gasteiger partial charge in [0.05, 0.1) is 0 Å². The molecule has 2 aliphatic rings. The van der Waals surface area contributed by atoms with Gasteiger partial charge in [0.25, 0.3) is 0 Å². The molecule has 0 spiro atoms. The van der Waals surface area contributed by atoms with Crippen molar-refractivity contribution in [2.24, 2.45) is 11.8 Å². The Morgan fingerprint density at radius 3 is 1.53 bits per heavy atom. The maximum absolute atomic E-state index is 13.0. The number of phenolic OH excluding ortho intramolecular Hbond substituents is 2. The molecule has 4 atom stereocenters. The molecule has 0 aromatic heterocycles. The van der Waals surface area contributed by atoms with Gasteiger partial charge in [0.15, 0.2) is 0 Å². The van der Waals surface area contributed by atoms with Gasteiger partial charge in [0, 0.05) is 35.1 Å². The fourth-order valence-corrected chi connectivity index (χ4v) is 9.71. The van der Waals surface area contributed by atoms with Crippen molar-refractivity contribution in [2.45, 2.75) is 110 Å². The largest absolute Gasteiger partial charge is 0.544 e. The summed E-state index contributed by atoms with van der Waals surface area (Å²) in [5.74, 6) is 0.439. The van der Waals surface area contributed by atoms with Crippen molar-refractivity contribution in [3.63, 3.8) is 0 Å². The topological polar surface area (TPSA) is 102 Å². The standard InChI is InChI=1S/C24H26O2.C23H35F3O5SSi2/c1-16(2)20-12-9-17(3)13-21(20)24-22(25)14-19(15-23(24)26)11-10-18-7-5-4-6-8-18;1-15(2)18-11-10-16(3)12-19(18)22-20(30-33(4,5)6)13-17(14-21(22)31-34(7,8)9)29-32(27,28)23(24,25)26/h4-8,10-11,13-15,20-21,25-26H,1,9,12H2,2-3H3;12-14,18-19H,1,10-11H2,2-9H3/b11-10+;/t20-,21+;18-,19+/m00/s1. The van der Waals surface area contributed by atoms with E-state index in [4.69, 9.17) is 8.85 Å². The van der Waals surface area contributed by atoms with E-state index in [1.807, 2.05) is 103 Å². The molecule has 3 aromatic rings. The van der Waals surface area contributed by atoms with Crippen molar-refractivity contribution in [1.82, 2.24) is 0 Å². The molecule has 2 aliphatic carbocycles. The summed E-state index contributed by atoms with van der Waals surface area (Å²) in [6.07, 6.45) is 12.0. The minimum atomic E-state index is -5.86. The number of rotatable bonds is 12. The molecule has 326 valence electrons. The van der Waals surface area contributed by atoms with E-state index in [0.717, 1.165) is 48.0 Å².